The van der Waals surface area contributed by atoms with Gasteiger partial charge in [0, 0.05) is 17.5 Å². The molecular weight excluding hydrogens is 265 g/mol. The number of aromatic nitrogens is 1. The molecule has 3 heteroatoms. The van der Waals surface area contributed by atoms with Crippen molar-refractivity contribution in [3.05, 3.63) is 77.7 Å². The van der Waals surface area contributed by atoms with E-state index in [1.54, 1.807) is 12.1 Å². The molecule has 21 heavy (non-hydrogen) atoms. The molecule has 2 nitrogen and oxygen atoms in total. The summed E-state index contributed by atoms with van der Waals surface area (Å²) in [4.78, 5) is 4.55. The molecule has 0 amide bonds. The summed E-state index contributed by atoms with van der Waals surface area (Å²) < 4.78 is 12.8. The van der Waals surface area contributed by atoms with Crippen molar-refractivity contribution in [2.24, 2.45) is 0 Å². The lowest BCUT2D eigenvalue weighted by molar-refractivity contribution is 0.174. The third kappa shape index (κ3) is 3.44. The minimum Gasteiger partial charge on any atom is -0.392 e. The smallest absolute Gasteiger partial charge is 0.123 e. The first-order valence-corrected chi connectivity index (χ1v) is 6.98. The molecule has 0 spiro atoms. The van der Waals surface area contributed by atoms with Gasteiger partial charge in [0.25, 0.3) is 0 Å². The first-order valence-electron chi connectivity index (χ1n) is 6.98. The van der Waals surface area contributed by atoms with Crippen LogP contribution in [0.15, 0.2) is 60.7 Å². The molecule has 0 bridgehead atoms. The van der Waals surface area contributed by atoms with Crippen molar-refractivity contribution in [1.29, 1.82) is 0 Å². The van der Waals surface area contributed by atoms with Crippen molar-refractivity contribution in [3.63, 3.8) is 0 Å². The molecule has 3 aromatic rings. The highest BCUT2D eigenvalue weighted by Gasteiger charge is 2.08. The molecule has 2 aromatic carbocycles. The van der Waals surface area contributed by atoms with Crippen LogP contribution in [-0.4, -0.2) is 16.2 Å². The zero-order valence-electron chi connectivity index (χ0n) is 11.5. The third-order valence-corrected chi connectivity index (χ3v) is 3.49. The van der Waals surface area contributed by atoms with Gasteiger partial charge in [0.1, 0.15) is 5.82 Å². The normalized spacial score (nSPS) is 12.5. The van der Waals surface area contributed by atoms with Crippen LogP contribution in [0.2, 0.25) is 0 Å². The van der Waals surface area contributed by atoms with Crippen LogP contribution in [0, 0.1) is 5.82 Å². The molecule has 3 rings (SSSR count). The highest BCUT2D eigenvalue weighted by molar-refractivity contribution is 5.78. The number of rotatable bonds is 4. The maximum Gasteiger partial charge on any atom is 0.123 e. The molecule has 0 fully saturated rings. The fourth-order valence-corrected chi connectivity index (χ4v) is 2.43. The molecular formula is C18H16FNO. The topological polar surface area (TPSA) is 33.1 Å². The maximum absolute atomic E-state index is 12.8. The van der Waals surface area contributed by atoms with E-state index in [0.29, 0.717) is 12.8 Å². The van der Waals surface area contributed by atoms with Gasteiger partial charge in [-0.3, -0.25) is 4.98 Å². The van der Waals surface area contributed by atoms with Gasteiger partial charge in [0.2, 0.25) is 0 Å². The Kier molecular flexibility index (Phi) is 3.93. The summed E-state index contributed by atoms with van der Waals surface area (Å²) in [6.07, 6.45) is 0.459. The molecule has 0 saturated carbocycles. The van der Waals surface area contributed by atoms with Gasteiger partial charge >= 0.3 is 0 Å². The van der Waals surface area contributed by atoms with Crippen molar-refractivity contribution in [2.75, 3.05) is 0 Å². The Balaban J connectivity index is 1.70. The molecule has 1 atom stereocenters. The molecule has 1 unspecified atom stereocenters. The Labute approximate surface area is 122 Å². The van der Waals surface area contributed by atoms with Crippen molar-refractivity contribution < 1.29 is 9.50 Å². The lowest BCUT2D eigenvalue weighted by Crippen LogP contribution is -2.14. The number of nitrogens with zero attached hydrogens (tertiary/aromatic N) is 1. The van der Waals surface area contributed by atoms with Crippen LogP contribution >= 0.6 is 0 Å². The van der Waals surface area contributed by atoms with Crippen LogP contribution in [0.4, 0.5) is 4.39 Å². The predicted molar refractivity (Wildman–Crippen MR) is 81.6 cm³/mol. The standard InChI is InChI=1S/C18H16FNO/c19-15-8-5-13(6-9-15)11-17(21)12-16-10-7-14-3-1-2-4-18(14)20-16/h1-10,17,21H,11-12H2. The molecule has 0 aliphatic rings. The summed E-state index contributed by atoms with van der Waals surface area (Å²) in [5.41, 5.74) is 2.72. The number of benzene rings is 2. The maximum atomic E-state index is 12.8. The molecule has 1 heterocycles. The first-order chi connectivity index (χ1) is 10.2. The number of pyridine rings is 1. The summed E-state index contributed by atoms with van der Waals surface area (Å²) in [7, 11) is 0. The van der Waals surface area contributed by atoms with Crippen molar-refractivity contribution >= 4 is 10.9 Å². The van der Waals surface area contributed by atoms with Crippen LogP contribution in [0.3, 0.4) is 0 Å². The van der Waals surface area contributed by atoms with Gasteiger partial charge in [-0.15, -0.1) is 0 Å². The monoisotopic (exact) mass is 281 g/mol. The number of para-hydroxylation sites is 1. The fraction of sp³-hybridized carbons (Fsp3) is 0.167. The highest BCUT2D eigenvalue weighted by Crippen LogP contribution is 2.14. The molecule has 0 aliphatic heterocycles. The number of aliphatic hydroxyl groups excluding tert-OH is 1. The van der Waals surface area contributed by atoms with Crippen LogP contribution in [0.25, 0.3) is 10.9 Å². The highest BCUT2D eigenvalue weighted by atomic mass is 19.1. The summed E-state index contributed by atoms with van der Waals surface area (Å²) in [5.74, 6) is -0.260. The second-order valence-corrected chi connectivity index (χ2v) is 5.18. The van der Waals surface area contributed by atoms with Crippen LogP contribution < -0.4 is 0 Å². The summed E-state index contributed by atoms with van der Waals surface area (Å²) in [6, 6.07) is 18.1. The van der Waals surface area contributed by atoms with E-state index in [-0.39, 0.29) is 5.82 Å². The van der Waals surface area contributed by atoms with E-state index in [4.69, 9.17) is 0 Å². The molecule has 1 N–H and O–H groups in total. The van der Waals surface area contributed by atoms with E-state index >= 15 is 0 Å². The lowest BCUT2D eigenvalue weighted by atomic mass is 10.0. The van der Waals surface area contributed by atoms with E-state index in [1.807, 2.05) is 36.4 Å². The Hall–Kier alpha value is -2.26. The van der Waals surface area contributed by atoms with E-state index in [1.165, 1.54) is 12.1 Å². The van der Waals surface area contributed by atoms with E-state index in [0.717, 1.165) is 22.2 Å². The first kappa shape index (κ1) is 13.7. The number of aliphatic hydroxyl groups is 1. The third-order valence-electron chi connectivity index (χ3n) is 3.49. The number of fused-ring (bicyclic) bond motifs is 1. The van der Waals surface area contributed by atoms with Gasteiger partial charge in [0.15, 0.2) is 0 Å². The fourth-order valence-electron chi connectivity index (χ4n) is 2.43. The average Bonchev–Trinajstić information content (AvgIpc) is 2.49. The second-order valence-electron chi connectivity index (χ2n) is 5.18. The van der Waals surface area contributed by atoms with Crippen molar-refractivity contribution in [1.82, 2.24) is 4.98 Å². The van der Waals surface area contributed by atoms with Crippen LogP contribution in [0.1, 0.15) is 11.3 Å². The predicted octanol–water partition coefficient (Wildman–Crippen LogP) is 3.52. The van der Waals surface area contributed by atoms with Gasteiger partial charge in [-0.2, -0.15) is 0 Å². The van der Waals surface area contributed by atoms with Gasteiger partial charge in [-0.05, 0) is 36.2 Å². The minimum atomic E-state index is -0.524. The van der Waals surface area contributed by atoms with Gasteiger partial charge in [0.05, 0.1) is 11.6 Å². The van der Waals surface area contributed by atoms with E-state index in [9.17, 15) is 9.50 Å². The van der Waals surface area contributed by atoms with Crippen molar-refractivity contribution in [3.8, 4) is 0 Å². The van der Waals surface area contributed by atoms with Gasteiger partial charge < -0.3 is 5.11 Å². The SMILES string of the molecule is OC(Cc1ccc(F)cc1)Cc1ccc2ccccc2n1. The Bertz CT molecular complexity index is 740. The summed E-state index contributed by atoms with van der Waals surface area (Å²) in [6.45, 7) is 0. The molecule has 0 saturated heterocycles. The molecule has 0 radical (unpaired) electrons. The largest absolute Gasteiger partial charge is 0.392 e. The van der Waals surface area contributed by atoms with Crippen molar-refractivity contribution in [2.45, 2.75) is 18.9 Å². The molecule has 0 aliphatic carbocycles. The second kappa shape index (κ2) is 6.02. The summed E-state index contributed by atoms with van der Waals surface area (Å²) in [5, 5.41) is 11.3. The van der Waals surface area contributed by atoms with Crippen LogP contribution in [0.5, 0.6) is 0 Å². The Morgan fingerprint density at radius 1 is 0.905 bits per heavy atom. The zero-order chi connectivity index (χ0) is 14.7. The number of hydrogen-bond donors (Lipinski definition) is 1. The number of halogens is 1. The Morgan fingerprint density at radius 2 is 1.67 bits per heavy atom. The summed E-state index contributed by atoms with van der Waals surface area (Å²) >= 11 is 0. The molecule has 106 valence electrons. The quantitative estimate of drug-likeness (QED) is 0.793. The Morgan fingerprint density at radius 3 is 2.48 bits per heavy atom. The van der Waals surface area contributed by atoms with E-state index in [2.05, 4.69) is 4.98 Å². The molecule has 1 aromatic heterocycles. The minimum absolute atomic E-state index is 0.260. The number of hydrogen-bond acceptors (Lipinski definition) is 2. The zero-order valence-corrected chi connectivity index (χ0v) is 11.5. The lowest BCUT2D eigenvalue weighted by Gasteiger charge is -2.11. The van der Waals surface area contributed by atoms with Crippen LogP contribution in [-0.2, 0) is 12.8 Å². The van der Waals surface area contributed by atoms with Gasteiger partial charge in [-0.25, -0.2) is 4.39 Å². The van der Waals surface area contributed by atoms with E-state index < -0.39 is 6.10 Å². The average molecular weight is 281 g/mol. The van der Waals surface area contributed by atoms with Gasteiger partial charge in [-0.1, -0.05) is 36.4 Å².